The van der Waals surface area contributed by atoms with Crippen LogP contribution in [-0.4, -0.2) is 53.1 Å². The van der Waals surface area contributed by atoms with Crippen molar-refractivity contribution in [2.45, 2.75) is 25.4 Å². The zero-order valence-electron chi connectivity index (χ0n) is 12.6. The molecule has 1 aliphatic carbocycles. The summed E-state index contributed by atoms with van der Waals surface area (Å²) in [7, 11) is 0. The molecule has 1 amide bonds. The minimum atomic E-state index is 0.00962. The van der Waals surface area contributed by atoms with Crippen molar-refractivity contribution in [1.82, 2.24) is 14.9 Å². The maximum absolute atomic E-state index is 12.2. The number of fused-ring (bicyclic) bond motifs is 1. The maximum atomic E-state index is 12.2. The molecule has 6 nitrogen and oxygen atoms in total. The number of carbonyl (C=O) groups excluding carboxylic acids is 1. The third-order valence-corrected chi connectivity index (χ3v) is 5.01. The summed E-state index contributed by atoms with van der Waals surface area (Å²) < 4.78 is 5.92. The number of carbonyl (C=O) groups is 1. The van der Waals surface area contributed by atoms with Crippen LogP contribution >= 0.6 is 0 Å². The van der Waals surface area contributed by atoms with E-state index >= 15 is 0 Å². The summed E-state index contributed by atoms with van der Waals surface area (Å²) >= 11 is 0. The molecule has 0 unspecified atom stereocenters. The molecule has 0 radical (unpaired) electrons. The molecular formula is C16H22N4O2. The van der Waals surface area contributed by atoms with Gasteiger partial charge in [-0.2, -0.15) is 0 Å². The highest BCUT2D eigenvalue weighted by Gasteiger charge is 2.45. The predicted molar refractivity (Wildman–Crippen MR) is 81.2 cm³/mol. The first-order chi connectivity index (χ1) is 10.8. The normalized spacial score (nSPS) is 31.2. The fraction of sp³-hybridized carbons (Fsp3) is 0.688. The second-order valence-corrected chi connectivity index (χ2v) is 6.80. The highest BCUT2D eigenvalue weighted by atomic mass is 16.5. The van der Waals surface area contributed by atoms with Crippen LogP contribution in [0.5, 0.6) is 0 Å². The zero-order valence-corrected chi connectivity index (χ0v) is 12.6. The Balaban J connectivity index is 1.30. The SMILES string of the molecule is O=C(C[C@@H]1CO[C@@H]2CN(CC3CC3)C[C@H]12)Nc1cnccn1. The average molecular weight is 302 g/mol. The van der Waals surface area contributed by atoms with Crippen molar-refractivity contribution in [3.63, 3.8) is 0 Å². The van der Waals surface area contributed by atoms with E-state index in [-0.39, 0.29) is 5.91 Å². The predicted octanol–water partition coefficient (Wildman–Crippen LogP) is 1.16. The zero-order chi connectivity index (χ0) is 14.9. The summed E-state index contributed by atoms with van der Waals surface area (Å²) in [4.78, 5) is 22.7. The number of ether oxygens (including phenoxy) is 1. The van der Waals surface area contributed by atoms with Crippen molar-refractivity contribution in [1.29, 1.82) is 0 Å². The molecule has 3 fully saturated rings. The van der Waals surface area contributed by atoms with Gasteiger partial charge in [0.15, 0.2) is 5.82 Å². The van der Waals surface area contributed by atoms with E-state index < -0.39 is 0 Å². The first-order valence-electron chi connectivity index (χ1n) is 8.18. The molecule has 1 aromatic rings. The number of likely N-dealkylation sites (tertiary alicyclic amines) is 1. The summed E-state index contributed by atoms with van der Waals surface area (Å²) in [6.07, 6.45) is 8.35. The van der Waals surface area contributed by atoms with Gasteiger partial charge in [0.2, 0.25) is 5.91 Å². The molecule has 1 aromatic heterocycles. The van der Waals surface area contributed by atoms with Crippen LogP contribution in [0.4, 0.5) is 5.82 Å². The third-order valence-electron chi connectivity index (χ3n) is 5.01. The number of hydrogen-bond donors (Lipinski definition) is 1. The van der Waals surface area contributed by atoms with Crippen molar-refractivity contribution in [2.24, 2.45) is 17.8 Å². The number of hydrogen-bond acceptors (Lipinski definition) is 5. The largest absolute Gasteiger partial charge is 0.376 e. The Labute approximate surface area is 130 Å². The van der Waals surface area contributed by atoms with E-state index in [1.165, 1.54) is 19.4 Å². The Morgan fingerprint density at radius 2 is 2.27 bits per heavy atom. The lowest BCUT2D eigenvalue weighted by Gasteiger charge is -2.19. The molecule has 118 valence electrons. The van der Waals surface area contributed by atoms with Crippen molar-refractivity contribution >= 4 is 11.7 Å². The Morgan fingerprint density at radius 1 is 1.36 bits per heavy atom. The van der Waals surface area contributed by atoms with Gasteiger partial charge in [0.25, 0.3) is 0 Å². The fourth-order valence-corrected chi connectivity index (χ4v) is 3.70. The Morgan fingerprint density at radius 3 is 3.05 bits per heavy atom. The minimum Gasteiger partial charge on any atom is -0.376 e. The molecule has 3 aliphatic rings. The van der Waals surface area contributed by atoms with Gasteiger partial charge in [-0.25, -0.2) is 4.98 Å². The molecule has 1 N–H and O–H groups in total. The summed E-state index contributed by atoms with van der Waals surface area (Å²) in [6, 6.07) is 0. The molecule has 1 saturated carbocycles. The van der Waals surface area contributed by atoms with Gasteiger partial charge in [0, 0.05) is 44.4 Å². The topological polar surface area (TPSA) is 67.3 Å². The van der Waals surface area contributed by atoms with Gasteiger partial charge in [-0.15, -0.1) is 0 Å². The number of aromatic nitrogens is 2. The Bertz CT molecular complexity index is 534. The van der Waals surface area contributed by atoms with Crippen LogP contribution in [-0.2, 0) is 9.53 Å². The average Bonchev–Trinajstić information content (AvgIpc) is 3.11. The van der Waals surface area contributed by atoms with E-state index in [0.29, 0.717) is 36.8 Å². The van der Waals surface area contributed by atoms with Gasteiger partial charge in [-0.3, -0.25) is 9.78 Å². The van der Waals surface area contributed by atoms with E-state index in [9.17, 15) is 4.79 Å². The van der Waals surface area contributed by atoms with Crippen LogP contribution in [0.1, 0.15) is 19.3 Å². The third kappa shape index (κ3) is 3.13. The molecule has 0 aromatic carbocycles. The van der Waals surface area contributed by atoms with Crippen LogP contribution in [0.2, 0.25) is 0 Å². The first-order valence-corrected chi connectivity index (χ1v) is 8.18. The van der Waals surface area contributed by atoms with Gasteiger partial charge in [-0.05, 0) is 24.7 Å². The Kier molecular flexibility index (Phi) is 3.80. The monoisotopic (exact) mass is 302 g/mol. The van der Waals surface area contributed by atoms with Crippen molar-refractivity contribution in [3.8, 4) is 0 Å². The molecule has 22 heavy (non-hydrogen) atoms. The van der Waals surface area contributed by atoms with E-state index in [4.69, 9.17) is 4.74 Å². The summed E-state index contributed by atoms with van der Waals surface area (Å²) in [5, 5.41) is 2.82. The number of nitrogens with one attached hydrogen (secondary N) is 1. The minimum absolute atomic E-state index is 0.00962. The number of amides is 1. The summed E-state index contributed by atoms with van der Waals surface area (Å²) in [6.45, 7) is 4.06. The second-order valence-electron chi connectivity index (χ2n) is 6.80. The van der Waals surface area contributed by atoms with Crippen molar-refractivity contribution in [2.75, 3.05) is 31.6 Å². The molecule has 3 heterocycles. The summed E-state index contributed by atoms with van der Waals surface area (Å²) in [5.41, 5.74) is 0. The van der Waals surface area contributed by atoms with E-state index in [2.05, 4.69) is 20.2 Å². The van der Waals surface area contributed by atoms with Gasteiger partial charge in [-0.1, -0.05) is 0 Å². The molecule has 2 saturated heterocycles. The molecule has 2 aliphatic heterocycles. The molecule has 0 spiro atoms. The van der Waals surface area contributed by atoms with Crippen LogP contribution in [0, 0.1) is 17.8 Å². The Hall–Kier alpha value is -1.53. The van der Waals surface area contributed by atoms with E-state index in [1.54, 1.807) is 18.6 Å². The molecular weight excluding hydrogens is 280 g/mol. The molecule has 0 bridgehead atoms. The van der Waals surface area contributed by atoms with Gasteiger partial charge >= 0.3 is 0 Å². The van der Waals surface area contributed by atoms with E-state index in [1.807, 2.05) is 0 Å². The molecule has 4 rings (SSSR count). The van der Waals surface area contributed by atoms with Gasteiger partial charge in [0.05, 0.1) is 18.9 Å². The quantitative estimate of drug-likeness (QED) is 0.884. The molecule has 3 atom stereocenters. The standard InChI is InChI=1S/C16H22N4O2/c21-16(19-15-6-17-3-4-18-15)5-12-10-22-14-9-20(8-13(12)14)7-11-1-2-11/h3-4,6,11-14H,1-2,5,7-10H2,(H,18,19,21)/t12-,13-,14-/m1/s1. The van der Waals surface area contributed by atoms with Crippen LogP contribution in [0.25, 0.3) is 0 Å². The number of rotatable bonds is 5. The maximum Gasteiger partial charge on any atom is 0.225 e. The first kappa shape index (κ1) is 14.1. The second kappa shape index (κ2) is 5.93. The van der Waals surface area contributed by atoms with Crippen LogP contribution < -0.4 is 5.32 Å². The van der Waals surface area contributed by atoms with Crippen molar-refractivity contribution in [3.05, 3.63) is 18.6 Å². The number of nitrogens with zero attached hydrogens (tertiary/aromatic N) is 3. The van der Waals surface area contributed by atoms with Crippen LogP contribution in [0.3, 0.4) is 0 Å². The lowest BCUT2D eigenvalue weighted by atomic mass is 9.90. The highest BCUT2D eigenvalue weighted by molar-refractivity contribution is 5.89. The van der Waals surface area contributed by atoms with Gasteiger partial charge < -0.3 is 15.0 Å². The highest BCUT2D eigenvalue weighted by Crippen LogP contribution is 2.38. The van der Waals surface area contributed by atoms with Crippen LogP contribution in [0.15, 0.2) is 18.6 Å². The van der Waals surface area contributed by atoms with Gasteiger partial charge in [0.1, 0.15) is 0 Å². The fourth-order valence-electron chi connectivity index (χ4n) is 3.70. The summed E-state index contributed by atoms with van der Waals surface area (Å²) in [5.74, 6) is 2.27. The van der Waals surface area contributed by atoms with Crippen molar-refractivity contribution < 1.29 is 9.53 Å². The lowest BCUT2D eigenvalue weighted by molar-refractivity contribution is -0.117. The number of anilines is 1. The smallest absolute Gasteiger partial charge is 0.225 e. The lowest BCUT2D eigenvalue weighted by Crippen LogP contribution is -2.28. The molecule has 6 heteroatoms. The van der Waals surface area contributed by atoms with E-state index in [0.717, 1.165) is 19.0 Å².